The fraction of sp³-hybridized carbons (Fsp3) is 0.800. The standard InChI is InChI=1S/C10H19NO2/c1-2-6-10(9-12)13-11-7-4-3-5-8-11/h2,10,12H,1,3-9H2. The summed E-state index contributed by atoms with van der Waals surface area (Å²) in [5, 5.41) is 11.0. The quantitative estimate of drug-likeness (QED) is 0.656. The van der Waals surface area contributed by atoms with Crippen molar-refractivity contribution >= 4 is 0 Å². The van der Waals surface area contributed by atoms with Crippen molar-refractivity contribution in [2.45, 2.75) is 31.8 Å². The Morgan fingerprint density at radius 3 is 2.62 bits per heavy atom. The molecule has 1 saturated heterocycles. The Hall–Kier alpha value is -0.380. The van der Waals surface area contributed by atoms with Crippen LogP contribution < -0.4 is 0 Å². The molecule has 0 aromatic carbocycles. The molecule has 0 spiro atoms. The minimum absolute atomic E-state index is 0.0719. The monoisotopic (exact) mass is 185 g/mol. The number of nitrogens with zero attached hydrogens (tertiary/aromatic N) is 1. The molecule has 13 heavy (non-hydrogen) atoms. The number of aliphatic hydroxyl groups is 1. The summed E-state index contributed by atoms with van der Waals surface area (Å²) in [4.78, 5) is 5.59. The zero-order valence-electron chi connectivity index (χ0n) is 8.11. The topological polar surface area (TPSA) is 32.7 Å². The van der Waals surface area contributed by atoms with Gasteiger partial charge in [-0.2, -0.15) is 5.06 Å². The molecule has 1 rings (SSSR count). The Balaban J connectivity index is 2.22. The van der Waals surface area contributed by atoms with E-state index in [-0.39, 0.29) is 12.7 Å². The van der Waals surface area contributed by atoms with E-state index in [0.29, 0.717) is 6.42 Å². The van der Waals surface area contributed by atoms with Crippen LogP contribution in [0.25, 0.3) is 0 Å². The second kappa shape index (κ2) is 6.13. The summed E-state index contributed by atoms with van der Waals surface area (Å²) in [6.45, 7) is 5.69. The third kappa shape index (κ3) is 3.89. The van der Waals surface area contributed by atoms with Crippen LogP contribution in [0.15, 0.2) is 12.7 Å². The molecule has 0 radical (unpaired) electrons. The third-order valence-electron chi connectivity index (χ3n) is 2.25. The van der Waals surface area contributed by atoms with Gasteiger partial charge >= 0.3 is 0 Å². The van der Waals surface area contributed by atoms with Crippen molar-refractivity contribution in [1.82, 2.24) is 5.06 Å². The normalized spacial score (nSPS) is 21.3. The molecular formula is C10H19NO2. The molecule has 0 aromatic heterocycles. The summed E-state index contributed by atoms with van der Waals surface area (Å²) in [5.74, 6) is 0. The van der Waals surface area contributed by atoms with Gasteiger partial charge in [0.1, 0.15) is 6.10 Å². The first-order valence-corrected chi connectivity index (χ1v) is 5.00. The van der Waals surface area contributed by atoms with Crippen LogP contribution in [0.5, 0.6) is 0 Å². The second-order valence-electron chi connectivity index (χ2n) is 3.42. The van der Waals surface area contributed by atoms with Crippen LogP contribution >= 0.6 is 0 Å². The van der Waals surface area contributed by atoms with Crippen LogP contribution in [0.4, 0.5) is 0 Å². The minimum Gasteiger partial charge on any atom is -0.394 e. The molecule has 3 heteroatoms. The van der Waals surface area contributed by atoms with Gasteiger partial charge in [-0.3, -0.25) is 4.84 Å². The summed E-state index contributed by atoms with van der Waals surface area (Å²) in [5.41, 5.74) is 0. The van der Waals surface area contributed by atoms with Gasteiger partial charge < -0.3 is 5.11 Å². The fourth-order valence-corrected chi connectivity index (χ4v) is 1.52. The molecule has 1 heterocycles. The number of rotatable bonds is 5. The predicted molar refractivity (Wildman–Crippen MR) is 52.2 cm³/mol. The molecule has 76 valence electrons. The zero-order valence-corrected chi connectivity index (χ0v) is 8.11. The predicted octanol–water partition coefficient (Wildman–Crippen LogP) is 1.34. The molecular weight excluding hydrogens is 166 g/mol. The molecule has 0 saturated carbocycles. The van der Waals surface area contributed by atoms with E-state index in [9.17, 15) is 0 Å². The van der Waals surface area contributed by atoms with Gasteiger partial charge in [-0.15, -0.1) is 6.58 Å². The van der Waals surface area contributed by atoms with E-state index < -0.39 is 0 Å². The van der Waals surface area contributed by atoms with Crippen molar-refractivity contribution in [2.24, 2.45) is 0 Å². The Morgan fingerprint density at radius 1 is 1.38 bits per heavy atom. The molecule has 1 unspecified atom stereocenters. The molecule has 0 aromatic rings. The van der Waals surface area contributed by atoms with E-state index in [1.54, 1.807) is 6.08 Å². The zero-order chi connectivity index (χ0) is 9.52. The highest BCUT2D eigenvalue weighted by atomic mass is 16.7. The van der Waals surface area contributed by atoms with E-state index in [1.165, 1.54) is 19.3 Å². The van der Waals surface area contributed by atoms with Gasteiger partial charge in [0.05, 0.1) is 6.61 Å². The molecule has 1 N–H and O–H groups in total. The van der Waals surface area contributed by atoms with Gasteiger partial charge in [-0.05, 0) is 19.3 Å². The molecule has 3 nitrogen and oxygen atoms in total. The average Bonchev–Trinajstić information content (AvgIpc) is 2.19. The van der Waals surface area contributed by atoms with Gasteiger partial charge in [0.15, 0.2) is 0 Å². The van der Waals surface area contributed by atoms with E-state index in [2.05, 4.69) is 6.58 Å². The SMILES string of the molecule is C=CCC(CO)ON1CCCCC1. The van der Waals surface area contributed by atoms with Crippen LogP contribution in [0, 0.1) is 0 Å². The summed E-state index contributed by atoms with van der Waals surface area (Å²) in [6.07, 6.45) is 6.09. The number of hydrogen-bond donors (Lipinski definition) is 1. The number of piperidine rings is 1. The maximum Gasteiger partial charge on any atom is 0.106 e. The lowest BCUT2D eigenvalue weighted by Crippen LogP contribution is -2.35. The molecule has 1 atom stereocenters. The van der Waals surface area contributed by atoms with Crippen molar-refractivity contribution in [1.29, 1.82) is 0 Å². The number of hydroxylamine groups is 2. The first-order valence-electron chi connectivity index (χ1n) is 5.00. The highest BCUT2D eigenvalue weighted by Crippen LogP contribution is 2.11. The van der Waals surface area contributed by atoms with Gasteiger partial charge in [-0.1, -0.05) is 12.5 Å². The fourth-order valence-electron chi connectivity index (χ4n) is 1.52. The largest absolute Gasteiger partial charge is 0.394 e. The molecule has 0 aliphatic carbocycles. The first kappa shape index (κ1) is 10.7. The third-order valence-corrected chi connectivity index (χ3v) is 2.25. The highest BCUT2D eigenvalue weighted by Gasteiger charge is 2.15. The Bertz CT molecular complexity index is 144. The van der Waals surface area contributed by atoms with E-state index in [4.69, 9.17) is 9.94 Å². The lowest BCUT2D eigenvalue weighted by atomic mass is 10.2. The summed E-state index contributed by atoms with van der Waals surface area (Å²) < 4.78 is 0. The smallest absolute Gasteiger partial charge is 0.106 e. The molecule has 1 aliphatic heterocycles. The van der Waals surface area contributed by atoms with Gasteiger partial charge in [-0.25, -0.2) is 0 Å². The first-order chi connectivity index (χ1) is 6.36. The van der Waals surface area contributed by atoms with Crippen LogP contribution in [0.3, 0.4) is 0 Å². The molecule has 1 aliphatic rings. The van der Waals surface area contributed by atoms with Crippen molar-refractivity contribution in [3.05, 3.63) is 12.7 Å². The van der Waals surface area contributed by atoms with Crippen LogP contribution in [0.1, 0.15) is 25.7 Å². The highest BCUT2D eigenvalue weighted by molar-refractivity contribution is 4.72. The molecule has 0 amide bonds. The Labute approximate surface area is 79.9 Å². The molecule has 1 fully saturated rings. The summed E-state index contributed by atoms with van der Waals surface area (Å²) >= 11 is 0. The lowest BCUT2D eigenvalue weighted by molar-refractivity contribution is -0.212. The van der Waals surface area contributed by atoms with Crippen molar-refractivity contribution < 1.29 is 9.94 Å². The summed E-state index contributed by atoms with van der Waals surface area (Å²) in [6, 6.07) is 0. The van der Waals surface area contributed by atoms with Crippen LogP contribution in [-0.4, -0.2) is 36.0 Å². The van der Waals surface area contributed by atoms with Crippen molar-refractivity contribution in [2.75, 3.05) is 19.7 Å². The lowest BCUT2D eigenvalue weighted by Gasteiger charge is -2.28. The van der Waals surface area contributed by atoms with Crippen LogP contribution in [0.2, 0.25) is 0 Å². The number of hydrogen-bond acceptors (Lipinski definition) is 3. The average molecular weight is 185 g/mol. The van der Waals surface area contributed by atoms with Gasteiger partial charge in [0.25, 0.3) is 0 Å². The second-order valence-corrected chi connectivity index (χ2v) is 3.42. The maximum absolute atomic E-state index is 8.99. The van der Waals surface area contributed by atoms with E-state index in [0.717, 1.165) is 13.1 Å². The number of aliphatic hydroxyl groups excluding tert-OH is 1. The minimum atomic E-state index is -0.101. The van der Waals surface area contributed by atoms with E-state index >= 15 is 0 Å². The maximum atomic E-state index is 8.99. The molecule has 0 bridgehead atoms. The Kier molecular flexibility index (Phi) is 5.05. The van der Waals surface area contributed by atoms with Crippen LogP contribution in [-0.2, 0) is 4.84 Å². The summed E-state index contributed by atoms with van der Waals surface area (Å²) in [7, 11) is 0. The Morgan fingerprint density at radius 2 is 2.08 bits per heavy atom. The van der Waals surface area contributed by atoms with Gasteiger partial charge in [0.2, 0.25) is 0 Å². The van der Waals surface area contributed by atoms with Crippen molar-refractivity contribution in [3.8, 4) is 0 Å². The van der Waals surface area contributed by atoms with Crippen molar-refractivity contribution in [3.63, 3.8) is 0 Å². The van der Waals surface area contributed by atoms with Gasteiger partial charge in [0, 0.05) is 13.1 Å². The van der Waals surface area contributed by atoms with E-state index in [1.807, 2.05) is 5.06 Å².